The number of halogens is 4. The molecule has 0 unspecified atom stereocenters. The van der Waals surface area contributed by atoms with Crippen molar-refractivity contribution in [1.29, 1.82) is 0 Å². The van der Waals surface area contributed by atoms with Crippen LogP contribution in [0.5, 0.6) is 0 Å². The average molecular weight is 274 g/mol. The van der Waals surface area contributed by atoms with E-state index in [-0.39, 0.29) is 24.9 Å². The lowest BCUT2D eigenvalue weighted by Crippen LogP contribution is -2.28. The third-order valence-corrected chi connectivity index (χ3v) is 8.38. The predicted octanol–water partition coefficient (Wildman–Crippen LogP) is 5.35. The molecule has 0 aromatic heterocycles. The van der Waals surface area contributed by atoms with Crippen LogP contribution < -0.4 is 0 Å². The van der Waals surface area contributed by atoms with Crippen molar-refractivity contribution in [2.75, 3.05) is 0 Å². The Balaban J connectivity index is 3.85. The van der Waals surface area contributed by atoms with Crippen LogP contribution in [0, 0.1) is 0 Å². The van der Waals surface area contributed by atoms with Gasteiger partial charge in [-0.15, -0.1) is 0 Å². The van der Waals surface area contributed by atoms with Crippen molar-refractivity contribution in [1.82, 2.24) is 0 Å². The van der Waals surface area contributed by atoms with E-state index in [0.29, 0.717) is 0 Å². The summed E-state index contributed by atoms with van der Waals surface area (Å²) in [4.78, 5) is 0. The van der Waals surface area contributed by atoms with E-state index >= 15 is 0 Å². The van der Waals surface area contributed by atoms with Crippen LogP contribution in [-0.2, 0) is 0 Å². The van der Waals surface area contributed by atoms with Crippen LogP contribution in [0.2, 0.25) is 23.2 Å². The molecule has 0 aromatic carbocycles. The minimum Gasteiger partial charge on any atom is -0.270 e. The van der Waals surface area contributed by atoms with Gasteiger partial charge in [-0.1, -0.05) is 40.5 Å². The van der Waals surface area contributed by atoms with Crippen molar-refractivity contribution in [3.05, 3.63) is 0 Å². The zero-order chi connectivity index (χ0) is 13.0. The van der Waals surface area contributed by atoms with Crippen LogP contribution in [0.4, 0.5) is 16.4 Å². The second-order valence-electron chi connectivity index (χ2n) is 5.04. The molecule has 0 bridgehead atoms. The highest BCUT2D eigenvalue weighted by atomic mass is 28.4. The summed E-state index contributed by atoms with van der Waals surface area (Å²) in [5.74, 6) is 0. The zero-order valence-corrected chi connectivity index (χ0v) is 12.5. The van der Waals surface area contributed by atoms with Crippen molar-refractivity contribution in [3.8, 4) is 0 Å². The quantitative estimate of drug-likeness (QED) is 0.254. The summed E-state index contributed by atoms with van der Waals surface area (Å²) in [6.07, 6.45) is 0.513. The summed E-state index contributed by atoms with van der Waals surface area (Å²) in [5, 5.41) is 0. The maximum Gasteiger partial charge on any atom is 0.427 e. The van der Waals surface area contributed by atoms with E-state index < -0.39 is 28.6 Å². The van der Waals surface area contributed by atoms with Gasteiger partial charge in [0.15, 0.2) is 0 Å². The molecule has 0 saturated carbocycles. The standard InChI is InChI=1S/C10H22F4Si2/c1-9(2)15(11,12)7-5-6-8-16(13,14)10(3)4/h9-10H,5-8H2,1-4H3. The van der Waals surface area contributed by atoms with Gasteiger partial charge in [-0.2, -0.15) is 0 Å². The Kier molecular flexibility index (Phi) is 6.24. The molecule has 0 aliphatic heterocycles. The first-order valence-electron chi connectivity index (χ1n) is 5.85. The average Bonchev–Trinajstić information content (AvgIpc) is 2.12. The molecule has 98 valence electrons. The summed E-state index contributed by atoms with van der Waals surface area (Å²) in [6, 6.07) is -0.263. The van der Waals surface area contributed by atoms with Crippen LogP contribution in [0.15, 0.2) is 0 Å². The van der Waals surface area contributed by atoms with Crippen molar-refractivity contribution in [3.63, 3.8) is 0 Å². The van der Waals surface area contributed by atoms with Crippen LogP contribution in [0.3, 0.4) is 0 Å². The Labute approximate surface area is 98.1 Å². The van der Waals surface area contributed by atoms with Gasteiger partial charge in [0.05, 0.1) is 0 Å². The van der Waals surface area contributed by atoms with Gasteiger partial charge < -0.3 is 0 Å². The van der Waals surface area contributed by atoms with Crippen LogP contribution in [0.1, 0.15) is 40.5 Å². The third kappa shape index (κ3) is 5.47. The monoisotopic (exact) mass is 274 g/mol. The molecule has 0 heterocycles. The fourth-order valence-corrected chi connectivity index (χ4v) is 3.90. The summed E-state index contributed by atoms with van der Waals surface area (Å²) in [6.45, 7) is 6.07. The molecular weight excluding hydrogens is 252 g/mol. The smallest absolute Gasteiger partial charge is 0.270 e. The molecule has 6 heteroatoms. The molecule has 0 radical (unpaired) electrons. The molecule has 0 saturated heterocycles. The van der Waals surface area contributed by atoms with E-state index in [1.807, 2.05) is 0 Å². The molecule has 0 amide bonds. The van der Waals surface area contributed by atoms with Crippen LogP contribution in [-0.4, -0.2) is 17.5 Å². The van der Waals surface area contributed by atoms with Crippen molar-refractivity contribution in [2.45, 2.75) is 63.7 Å². The second-order valence-corrected chi connectivity index (χ2v) is 11.4. The number of unbranched alkanes of at least 4 members (excludes halogenated alkanes) is 1. The lowest BCUT2D eigenvalue weighted by atomic mass is 10.4. The molecule has 0 aliphatic carbocycles. The molecule has 0 spiro atoms. The van der Waals surface area contributed by atoms with Gasteiger partial charge in [0.25, 0.3) is 0 Å². The van der Waals surface area contributed by atoms with Gasteiger partial charge in [0, 0.05) is 11.1 Å². The maximum atomic E-state index is 13.3. The topological polar surface area (TPSA) is 0 Å². The van der Waals surface area contributed by atoms with E-state index in [2.05, 4.69) is 0 Å². The third-order valence-electron chi connectivity index (χ3n) is 2.96. The molecule has 0 fully saturated rings. The Morgan fingerprint density at radius 3 is 1.12 bits per heavy atom. The van der Waals surface area contributed by atoms with Crippen molar-refractivity contribution < 1.29 is 16.4 Å². The van der Waals surface area contributed by atoms with Crippen LogP contribution in [0.25, 0.3) is 0 Å². The molecule has 16 heavy (non-hydrogen) atoms. The number of hydrogen-bond donors (Lipinski definition) is 0. The molecule has 0 aromatic rings. The van der Waals surface area contributed by atoms with Crippen molar-refractivity contribution in [2.24, 2.45) is 0 Å². The Bertz CT molecular complexity index is 183. The fraction of sp³-hybridized carbons (Fsp3) is 1.00. The highest BCUT2D eigenvalue weighted by molar-refractivity contribution is 6.68. The van der Waals surface area contributed by atoms with Crippen molar-refractivity contribution >= 4 is 17.5 Å². The highest BCUT2D eigenvalue weighted by Crippen LogP contribution is 2.33. The molecule has 0 nitrogen and oxygen atoms in total. The van der Waals surface area contributed by atoms with E-state index in [1.165, 1.54) is 27.7 Å². The largest absolute Gasteiger partial charge is 0.427 e. The van der Waals surface area contributed by atoms with Gasteiger partial charge in [-0.25, -0.2) is 0 Å². The normalized spacial score (nSPS) is 13.9. The number of rotatable bonds is 7. The van der Waals surface area contributed by atoms with E-state index in [0.717, 1.165) is 0 Å². The van der Waals surface area contributed by atoms with E-state index in [9.17, 15) is 16.4 Å². The molecule has 0 aliphatic rings. The summed E-state index contributed by atoms with van der Waals surface area (Å²) in [7, 11) is -8.27. The number of hydrogen-bond acceptors (Lipinski definition) is 0. The predicted molar refractivity (Wildman–Crippen MR) is 65.0 cm³/mol. The Morgan fingerprint density at radius 2 is 0.938 bits per heavy atom. The van der Waals surface area contributed by atoms with Gasteiger partial charge >= 0.3 is 17.5 Å². The zero-order valence-electron chi connectivity index (χ0n) is 10.5. The first-order chi connectivity index (χ1) is 7.09. The first-order valence-corrected chi connectivity index (χ1v) is 9.93. The van der Waals surface area contributed by atoms with E-state index in [1.54, 1.807) is 0 Å². The lowest BCUT2D eigenvalue weighted by Gasteiger charge is -2.18. The van der Waals surface area contributed by atoms with Gasteiger partial charge in [0.1, 0.15) is 0 Å². The molecule has 0 rings (SSSR count). The lowest BCUT2D eigenvalue weighted by molar-refractivity contribution is 0.532. The first kappa shape index (κ1) is 16.2. The second kappa shape index (κ2) is 6.19. The summed E-state index contributed by atoms with van der Waals surface area (Å²) < 4.78 is 53.2. The Morgan fingerprint density at radius 1 is 0.688 bits per heavy atom. The SMILES string of the molecule is CC(C)[Si](F)(F)CCCC[Si](F)(F)C(C)C. The highest BCUT2D eigenvalue weighted by Gasteiger charge is 2.41. The van der Waals surface area contributed by atoms with Gasteiger partial charge in [-0.05, 0) is 12.1 Å². The molecular formula is C10H22F4Si2. The maximum absolute atomic E-state index is 13.3. The fourth-order valence-electron chi connectivity index (χ4n) is 1.30. The molecule has 0 N–H and O–H groups in total. The summed E-state index contributed by atoms with van der Waals surface area (Å²) >= 11 is 0. The van der Waals surface area contributed by atoms with Gasteiger partial charge in [-0.3, -0.25) is 16.4 Å². The van der Waals surface area contributed by atoms with E-state index in [4.69, 9.17) is 0 Å². The summed E-state index contributed by atoms with van der Waals surface area (Å²) in [5.41, 5.74) is -1.15. The van der Waals surface area contributed by atoms with Gasteiger partial charge in [0.2, 0.25) is 0 Å². The Hall–Kier alpha value is 0.154. The molecule has 0 atom stereocenters. The van der Waals surface area contributed by atoms with Crippen LogP contribution >= 0.6 is 0 Å². The minimum absolute atomic E-state index is 0.132. The minimum atomic E-state index is -4.13.